The van der Waals surface area contributed by atoms with Crippen LogP contribution in [0, 0.1) is 0 Å². The SMILES string of the molecule is CCCCCC1=Nc2c(N)nc3ccccc3c2C1CCCCNS(=O)(=O)c1ccccc1. The summed E-state index contributed by atoms with van der Waals surface area (Å²) in [5, 5.41) is 1.12. The number of benzene rings is 2. The van der Waals surface area contributed by atoms with Gasteiger partial charge in [-0.1, -0.05) is 62.6 Å². The molecule has 0 radical (unpaired) electrons. The predicted molar refractivity (Wildman–Crippen MR) is 136 cm³/mol. The second kappa shape index (κ2) is 10.4. The molecule has 2 aromatic carbocycles. The molecule has 1 aliphatic heterocycles. The van der Waals surface area contributed by atoms with E-state index < -0.39 is 10.0 Å². The zero-order valence-corrected chi connectivity index (χ0v) is 19.9. The van der Waals surface area contributed by atoms with Gasteiger partial charge < -0.3 is 5.73 Å². The highest BCUT2D eigenvalue weighted by Crippen LogP contribution is 2.46. The van der Waals surface area contributed by atoms with Gasteiger partial charge in [0.2, 0.25) is 10.0 Å². The molecule has 3 aromatic rings. The topological polar surface area (TPSA) is 97.4 Å². The summed E-state index contributed by atoms with van der Waals surface area (Å²) in [6.45, 7) is 2.62. The largest absolute Gasteiger partial charge is 0.382 e. The molecular weight excluding hydrogens is 432 g/mol. The van der Waals surface area contributed by atoms with Crippen LogP contribution in [0.15, 0.2) is 64.5 Å². The summed E-state index contributed by atoms with van der Waals surface area (Å²) in [5.41, 5.74) is 10.4. The van der Waals surface area contributed by atoms with E-state index in [-0.39, 0.29) is 5.92 Å². The van der Waals surface area contributed by atoms with E-state index in [1.807, 2.05) is 24.3 Å². The van der Waals surface area contributed by atoms with Crippen molar-refractivity contribution in [1.82, 2.24) is 9.71 Å². The molecule has 6 nitrogen and oxygen atoms in total. The standard InChI is InChI=1S/C26H32N4O2S/c1-2-3-5-16-22-20(15-10-11-18-28-33(31,32)19-12-6-4-7-13-19)24-21-14-8-9-17-23(21)30-26(27)25(24)29-22/h4,6-9,12-14,17,20,28H,2-3,5,10-11,15-16,18H2,1H3,(H2,27,30). The molecule has 1 atom stereocenters. The molecule has 0 fully saturated rings. The van der Waals surface area contributed by atoms with Crippen LogP contribution in [0.5, 0.6) is 0 Å². The third-order valence-electron chi connectivity index (χ3n) is 6.24. The van der Waals surface area contributed by atoms with Crippen LogP contribution in [0.2, 0.25) is 0 Å². The van der Waals surface area contributed by atoms with Crippen molar-refractivity contribution in [3.8, 4) is 0 Å². The molecule has 1 aromatic heterocycles. The number of aromatic nitrogens is 1. The van der Waals surface area contributed by atoms with Gasteiger partial charge in [0, 0.05) is 23.6 Å². The van der Waals surface area contributed by atoms with Gasteiger partial charge in [0.15, 0.2) is 0 Å². The molecule has 0 bridgehead atoms. The molecule has 3 N–H and O–H groups in total. The van der Waals surface area contributed by atoms with Gasteiger partial charge in [-0.2, -0.15) is 0 Å². The number of hydrogen-bond donors (Lipinski definition) is 2. The van der Waals surface area contributed by atoms with Crippen molar-refractivity contribution in [2.45, 2.75) is 62.7 Å². The van der Waals surface area contributed by atoms with Crippen LogP contribution in [0.4, 0.5) is 11.5 Å². The van der Waals surface area contributed by atoms with Crippen LogP contribution in [0.25, 0.3) is 10.9 Å². The van der Waals surface area contributed by atoms with Crippen molar-refractivity contribution in [2.24, 2.45) is 4.99 Å². The Labute approximate surface area is 196 Å². The number of unbranched alkanes of at least 4 members (excludes halogenated alkanes) is 3. The first-order valence-corrected chi connectivity index (χ1v) is 13.3. The third-order valence-corrected chi connectivity index (χ3v) is 7.72. The molecule has 4 rings (SSSR count). The lowest BCUT2D eigenvalue weighted by Gasteiger charge is -2.17. The highest BCUT2D eigenvalue weighted by Gasteiger charge is 2.30. The van der Waals surface area contributed by atoms with Crippen LogP contribution >= 0.6 is 0 Å². The van der Waals surface area contributed by atoms with E-state index in [0.717, 1.165) is 48.7 Å². The number of anilines is 1. The van der Waals surface area contributed by atoms with Crippen LogP contribution < -0.4 is 10.5 Å². The van der Waals surface area contributed by atoms with E-state index in [1.165, 1.54) is 24.1 Å². The first-order valence-electron chi connectivity index (χ1n) is 11.8. The molecule has 1 aliphatic rings. The zero-order valence-electron chi connectivity index (χ0n) is 19.1. The van der Waals surface area contributed by atoms with E-state index in [4.69, 9.17) is 10.7 Å². The molecule has 0 aliphatic carbocycles. The normalized spacial score (nSPS) is 15.5. The number of pyridine rings is 1. The average Bonchev–Trinajstić information content (AvgIpc) is 3.19. The summed E-state index contributed by atoms with van der Waals surface area (Å²) in [4.78, 5) is 9.82. The van der Waals surface area contributed by atoms with Gasteiger partial charge in [0.25, 0.3) is 0 Å². The number of aliphatic imine (C=N–C) groups is 1. The molecule has 1 unspecified atom stereocenters. The van der Waals surface area contributed by atoms with Gasteiger partial charge in [0.1, 0.15) is 11.5 Å². The Morgan fingerprint density at radius 2 is 1.73 bits per heavy atom. The molecule has 174 valence electrons. The van der Waals surface area contributed by atoms with Gasteiger partial charge in [0.05, 0.1) is 10.4 Å². The number of para-hydroxylation sites is 1. The van der Waals surface area contributed by atoms with Crippen LogP contribution in [0.3, 0.4) is 0 Å². The smallest absolute Gasteiger partial charge is 0.240 e. The first kappa shape index (κ1) is 23.4. The van der Waals surface area contributed by atoms with Gasteiger partial charge >= 0.3 is 0 Å². The van der Waals surface area contributed by atoms with E-state index in [2.05, 4.69) is 22.7 Å². The Morgan fingerprint density at radius 3 is 2.52 bits per heavy atom. The Hall–Kier alpha value is -2.77. The highest BCUT2D eigenvalue weighted by molar-refractivity contribution is 7.89. The number of fused-ring (bicyclic) bond motifs is 3. The quantitative estimate of drug-likeness (QED) is 0.355. The van der Waals surface area contributed by atoms with Crippen molar-refractivity contribution in [3.05, 3.63) is 60.2 Å². The van der Waals surface area contributed by atoms with Crippen molar-refractivity contribution in [2.75, 3.05) is 12.3 Å². The highest BCUT2D eigenvalue weighted by atomic mass is 32.2. The van der Waals surface area contributed by atoms with Gasteiger partial charge in [-0.25, -0.2) is 18.1 Å². The van der Waals surface area contributed by atoms with Gasteiger partial charge in [-0.15, -0.1) is 0 Å². The monoisotopic (exact) mass is 464 g/mol. The molecule has 0 amide bonds. The maximum absolute atomic E-state index is 12.4. The Morgan fingerprint density at radius 1 is 0.970 bits per heavy atom. The van der Waals surface area contributed by atoms with Crippen LogP contribution in [-0.4, -0.2) is 25.7 Å². The Bertz CT molecular complexity index is 1240. The molecular formula is C26H32N4O2S. The van der Waals surface area contributed by atoms with Crippen molar-refractivity contribution >= 4 is 38.1 Å². The van der Waals surface area contributed by atoms with Gasteiger partial charge in [-0.3, -0.25) is 4.99 Å². The van der Waals surface area contributed by atoms with Crippen LogP contribution in [0.1, 0.15) is 63.4 Å². The molecule has 33 heavy (non-hydrogen) atoms. The average molecular weight is 465 g/mol. The molecule has 0 saturated carbocycles. The summed E-state index contributed by atoms with van der Waals surface area (Å²) >= 11 is 0. The van der Waals surface area contributed by atoms with Crippen molar-refractivity contribution in [3.63, 3.8) is 0 Å². The molecule has 7 heteroatoms. The zero-order chi connectivity index (χ0) is 23.3. The van der Waals surface area contributed by atoms with E-state index >= 15 is 0 Å². The van der Waals surface area contributed by atoms with Crippen molar-refractivity contribution < 1.29 is 8.42 Å². The minimum Gasteiger partial charge on any atom is -0.382 e. The van der Waals surface area contributed by atoms with Crippen LogP contribution in [-0.2, 0) is 10.0 Å². The summed E-state index contributed by atoms with van der Waals surface area (Å²) in [7, 11) is -3.47. The second-order valence-electron chi connectivity index (χ2n) is 8.60. The number of hydrogen-bond acceptors (Lipinski definition) is 5. The summed E-state index contributed by atoms with van der Waals surface area (Å²) in [6.07, 6.45) is 6.99. The Kier molecular flexibility index (Phi) is 7.40. The number of sulfonamides is 1. The second-order valence-corrected chi connectivity index (χ2v) is 10.4. The van der Waals surface area contributed by atoms with E-state index in [0.29, 0.717) is 17.3 Å². The summed E-state index contributed by atoms with van der Waals surface area (Å²) < 4.78 is 27.6. The minimum absolute atomic E-state index is 0.206. The van der Waals surface area contributed by atoms with Gasteiger partial charge in [-0.05, 0) is 49.4 Å². The lowest BCUT2D eigenvalue weighted by atomic mass is 9.86. The lowest BCUT2D eigenvalue weighted by molar-refractivity contribution is 0.572. The number of nitrogens with one attached hydrogen (secondary N) is 1. The number of nitrogen functional groups attached to an aromatic ring is 1. The summed E-state index contributed by atoms with van der Waals surface area (Å²) in [6, 6.07) is 16.6. The van der Waals surface area contributed by atoms with E-state index in [1.54, 1.807) is 24.3 Å². The predicted octanol–water partition coefficient (Wildman–Crippen LogP) is 5.72. The van der Waals surface area contributed by atoms with E-state index in [9.17, 15) is 8.42 Å². The third kappa shape index (κ3) is 5.25. The fourth-order valence-electron chi connectivity index (χ4n) is 4.57. The fourth-order valence-corrected chi connectivity index (χ4v) is 5.66. The fraction of sp³-hybridized carbons (Fsp3) is 0.385. The summed E-state index contributed by atoms with van der Waals surface area (Å²) in [5.74, 6) is 0.701. The number of nitrogens with two attached hydrogens (primary N) is 1. The maximum atomic E-state index is 12.4. The lowest BCUT2D eigenvalue weighted by Crippen LogP contribution is -2.24. The minimum atomic E-state index is -3.47. The van der Waals surface area contributed by atoms with Crippen molar-refractivity contribution in [1.29, 1.82) is 0 Å². The molecule has 2 heterocycles. The molecule has 0 saturated heterocycles. The first-order chi connectivity index (χ1) is 16.0. The molecule has 0 spiro atoms. The maximum Gasteiger partial charge on any atom is 0.240 e. The Balaban J connectivity index is 1.46. The number of nitrogens with zero attached hydrogens (tertiary/aromatic N) is 2. The number of rotatable bonds is 11.